The van der Waals surface area contributed by atoms with Crippen molar-refractivity contribution in [2.24, 2.45) is 0 Å². The van der Waals surface area contributed by atoms with E-state index in [2.05, 4.69) is 31.2 Å². The number of ether oxygens (including phenoxy) is 2. The first-order valence-corrected chi connectivity index (χ1v) is 13.8. The Balaban J connectivity index is 1.23. The first-order valence-electron chi connectivity index (χ1n) is 13.8. The fourth-order valence-electron chi connectivity index (χ4n) is 4.87. The first-order chi connectivity index (χ1) is 19.9. The van der Waals surface area contributed by atoms with Crippen LogP contribution in [0.4, 0.5) is 26.5 Å². The Morgan fingerprint density at radius 1 is 1.19 bits per heavy atom. The van der Waals surface area contributed by atoms with E-state index in [9.17, 15) is 19.6 Å². The van der Waals surface area contributed by atoms with Gasteiger partial charge in [-0.2, -0.15) is 10.2 Å². The molecule has 0 unspecified atom stereocenters. The molecule has 2 fully saturated rings. The summed E-state index contributed by atoms with van der Waals surface area (Å²) in [5.74, 6) is 0.926. The summed E-state index contributed by atoms with van der Waals surface area (Å²) in [6.45, 7) is 8.41. The number of carbonyl (C=O) groups excluding carboxylic acids is 1. The highest BCUT2D eigenvalue weighted by Crippen LogP contribution is 2.30. The molecule has 11 nitrogen and oxygen atoms in total. The molecular weight excluding hydrogens is 541 g/mol. The highest BCUT2D eigenvalue weighted by atomic mass is 19.1. The third-order valence-corrected chi connectivity index (χ3v) is 6.89. The van der Waals surface area contributed by atoms with Gasteiger partial charge in [-0.05, 0) is 70.2 Å². The molecule has 0 aliphatic carbocycles. The van der Waals surface area contributed by atoms with Gasteiger partial charge in [0.1, 0.15) is 29.9 Å². The van der Waals surface area contributed by atoms with E-state index < -0.39 is 29.6 Å². The van der Waals surface area contributed by atoms with E-state index in [0.717, 1.165) is 11.4 Å². The number of nitriles is 1. The van der Waals surface area contributed by atoms with Crippen LogP contribution in [0.3, 0.4) is 0 Å². The highest BCUT2D eigenvalue weighted by molar-refractivity contribution is 5.68. The van der Waals surface area contributed by atoms with Gasteiger partial charge >= 0.3 is 6.09 Å². The van der Waals surface area contributed by atoms with Crippen LogP contribution in [-0.4, -0.2) is 80.7 Å². The monoisotopic (exact) mass is 575 g/mol. The van der Waals surface area contributed by atoms with Crippen LogP contribution in [0.5, 0.6) is 5.75 Å². The van der Waals surface area contributed by atoms with Gasteiger partial charge in [0.2, 0.25) is 5.95 Å². The summed E-state index contributed by atoms with van der Waals surface area (Å²) in [7, 11) is 0. The molecule has 0 bridgehead atoms. The lowest BCUT2D eigenvalue weighted by Gasteiger charge is -2.45. The highest BCUT2D eigenvalue weighted by Gasteiger charge is 2.37. The number of benzene rings is 2. The van der Waals surface area contributed by atoms with Crippen molar-refractivity contribution in [3.05, 3.63) is 54.4 Å². The Morgan fingerprint density at radius 3 is 2.57 bits per heavy atom. The van der Waals surface area contributed by atoms with Gasteiger partial charge in [-0.25, -0.2) is 19.2 Å². The van der Waals surface area contributed by atoms with Crippen LogP contribution in [0.25, 0.3) is 11.4 Å². The smallest absolute Gasteiger partial charge is 0.410 e. The minimum atomic E-state index is -1.44. The summed E-state index contributed by atoms with van der Waals surface area (Å²) < 4.78 is 26.2. The Bertz CT molecular complexity index is 1480. The van der Waals surface area contributed by atoms with Crippen LogP contribution in [0.1, 0.15) is 39.7 Å². The van der Waals surface area contributed by atoms with Gasteiger partial charge in [0.05, 0.1) is 17.7 Å². The standard InChI is InChI=1S/C30H34FN7O4/c1-29(2,3)42-28(39)37-12-11-25(23(31)15-37)41-24-10-5-19(13-20(24)14-32)26-33-18-34-27(36-26)35-21-6-8-22(9-7-21)38-16-30(4,40)17-38/h5-10,13,18,23,25,40H,11-12,15-17H2,1-4H3,(H,33,34,35,36)/t23-,25+/m1/s1. The minimum absolute atomic E-state index is 0.150. The van der Waals surface area contributed by atoms with Crippen LogP contribution in [-0.2, 0) is 4.74 Å². The van der Waals surface area contributed by atoms with Crippen molar-refractivity contribution in [2.75, 3.05) is 36.4 Å². The SMILES string of the molecule is CC1(O)CN(c2ccc(Nc3ncnc(-c4ccc(O[C@H]5CCN(C(=O)OC(C)(C)C)C[C@H]5F)c(C#N)c4)n3)cc2)C1. The van der Waals surface area contributed by atoms with E-state index >= 15 is 0 Å². The van der Waals surface area contributed by atoms with Crippen molar-refractivity contribution < 1.29 is 23.8 Å². The second-order valence-electron chi connectivity index (χ2n) is 11.9. The average molecular weight is 576 g/mol. The Labute approximate surface area is 243 Å². The number of aromatic nitrogens is 3. The maximum Gasteiger partial charge on any atom is 0.410 e. The van der Waals surface area contributed by atoms with Crippen molar-refractivity contribution >= 4 is 23.4 Å². The summed E-state index contributed by atoms with van der Waals surface area (Å²) in [5, 5.41) is 22.9. The maximum absolute atomic E-state index is 15.0. The summed E-state index contributed by atoms with van der Waals surface area (Å²) in [6, 6.07) is 14.7. The van der Waals surface area contributed by atoms with Crippen molar-refractivity contribution in [1.29, 1.82) is 5.26 Å². The predicted molar refractivity (Wildman–Crippen MR) is 154 cm³/mol. The number of nitrogens with one attached hydrogen (secondary N) is 1. The van der Waals surface area contributed by atoms with Gasteiger partial charge in [-0.1, -0.05) is 0 Å². The van der Waals surface area contributed by atoms with Crippen LogP contribution in [0.2, 0.25) is 0 Å². The van der Waals surface area contributed by atoms with Crippen molar-refractivity contribution in [1.82, 2.24) is 19.9 Å². The molecule has 2 aliphatic rings. The summed E-state index contributed by atoms with van der Waals surface area (Å²) in [6.07, 6.45) is -1.17. The fourth-order valence-corrected chi connectivity index (χ4v) is 4.87. The molecule has 1 aromatic heterocycles. The Morgan fingerprint density at radius 2 is 1.93 bits per heavy atom. The average Bonchev–Trinajstić information content (AvgIpc) is 2.92. The lowest BCUT2D eigenvalue weighted by atomic mass is 9.96. The fraction of sp³-hybridized carbons (Fsp3) is 0.433. The molecule has 12 heteroatoms. The zero-order chi connectivity index (χ0) is 30.1. The number of hydrogen-bond donors (Lipinski definition) is 2. The minimum Gasteiger partial charge on any atom is -0.486 e. The molecule has 3 aromatic rings. The van der Waals surface area contributed by atoms with Crippen LogP contribution in [0.15, 0.2) is 48.8 Å². The second kappa shape index (κ2) is 11.4. The largest absolute Gasteiger partial charge is 0.486 e. The molecule has 5 rings (SSSR count). The van der Waals surface area contributed by atoms with Crippen LogP contribution < -0.4 is 15.0 Å². The molecule has 3 heterocycles. The Kier molecular flexibility index (Phi) is 7.88. The summed E-state index contributed by atoms with van der Waals surface area (Å²) >= 11 is 0. The molecule has 220 valence electrons. The number of likely N-dealkylation sites (tertiary alicyclic amines) is 1. The summed E-state index contributed by atoms with van der Waals surface area (Å²) in [4.78, 5) is 28.7. The number of rotatable bonds is 6. The third-order valence-electron chi connectivity index (χ3n) is 6.89. The molecule has 2 N–H and O–H groups in total. The number of aliphatic hydroxyl groups is 1. The maximum atomic E-state index is 15.0. The van der Waals surface area contributed by atoms with E-state index in [-0.39, 0.29) is 30.8 Å². The number of piperidine rings is 1. The topological polar surface area (TPSA) is 137 Å². The van der Waals surface area contributed by atoms with Gasteiger partial charge in [0.25, 0.3) is 0 Å². The third kappa shape index (κ3) is 6.86. The zero-order valence-electron chi connectivity index (χ0n) is 24.0. The lowest BCUT2D eigenvalue weighted by molar-refractivity contribution is -0.0106. The molecule has 0 spiro atoms. The zero-order valence-corrected chi connectivity index (χ0v) is 24.0. The van der Waals surface area contributed by atoms with E-state index in [1.54, 1.807) is 39.0 Å². The molecule has 2 aliphatic heterocycles. The van der Waals surface area contributed by atoms with E-state index in [0.29, 0.717) is 30.4 Å². The van der Waals surface area contributed by atoms with Crippen molar-refractivity contribution in [3.63, 3.8) is 0 Å². The van der Waals surface area contributed by atoms with Gasteiger partial charge < -0.3 is 29.7 Å². The molecule has 2 saturated heterocycles. The van der Waals surface area contributed by atoms with Crippen molar-refractivity contribution in [3.8, 4) is 23.2 Å². The molecular formula is C30H34FN7O4. The van der Waals surface area contributed by atoms with E-state index in [1.807, 2.05) is 31.2 Å². The number of nitrogens with zero attached hydrogens (tertiary/aromatic N) is 6. The van der Waals surface area contributed by atoms with Gasteiger partial charge in [0, 0.05) is 43.0 Å². The molecule has 1 amide bonds. The molecule has 0 radical (unpaired) electrons. The first kappa shape index (κ1) is 29.0. The normalized spacial score (nSPS) is 19.8. The lowest BCUT2D eigenvalue weighted by Crippen LogP contribution is -2.60. The number of amides is 1. The molecule has 0 saturated carbocycles. The van der Waals surface area contributed by atoms with E-state index in [1.165, 1.54) is 11.2 Å². The van der Waals surface area contributed by atoms with Crippen molar-refractivity contribution in [2.45, 2.75) is 57.6 Å². The number of alkyl halides is 1. The molecule has 2 aromatic carbocycles. The number of carbonyl (C=O) groups is 1. The number of hydrogen-bond acceptors (Lipinski definition) is 10. The number of β-amino-alcohol motifs (C(OH)–C–C–N with tert-alkyl or cyclic N) is 1. The van der Waals surface area contributed by atoms with Crippen LogP contribution >= 0.6 is 0 Å². The van der Waals surface area contributed by atoms with E-state index in [4.69, 9.17) is 9.47 Å². The second-order valence-corrected chi connectivity index (χ2v) is 11.9. The quantitative estimate of drug-likeness (QED) is 0.434. The number of anilines is 3. The predicted octanol–water partition coefficient (Wildman–Crippen LogP) is 4.45. The van der Waals surface area contributed by atoms with Crippen LogP contribution in [0, 0.1) is 11.3 Å². The molecule has 2 atom stereocenters. The summed E-state index contributed by atoms with van der Waals surface area (Å²) in [5.41, 5.74) is 1.26. The number of halogens is 1. The molecule has 42 heavy (non-hydrogen) atoms. The Hall–Kier alpha value is -4.50. The van der Waals surface area contributed by atoms with Gasteiger partial charge in [0.15, 0.2) is 12.0 Å². The van der Waals surface area contributed by atoms with Gasteiger partial charge in [-0.15, -0.1) is 0 Å². The van der Waals surface area contributed by atoms with Gasteiger partial charge in [-0.3, -0.25) is 0 Å².